The molecule has 27 nitrogen and oxygen atoms in total. The molecular formula is C73H77Cl3F3N15O12. The Labute approximate surface area is 620 Å². The van der Waals surface area contributed by atoms with Crippen molar-refractivity contribution < 1.29 is 42.3 Å². The van der Waals surface area contributed by atoms with Crippen molar-refractivity contribution in [1.82, 2.24) is 43.1 Å². The number of anilines is 3. The zero-order valence-electron chi connectivity index (χ0n) is 58.9. The molecule has 0 bridgehead atoms. The zero-order chi connectivity index (χ0) is 76.5. The van der Waals surface area contributed by atoms with Crippen molar-refractivity contribution in [2.24, 2.45) is 0 Å². The fraction of sp³-hybridized carbons (Fsp3) is 0.342. The van der Waals surface area contributed by atoms with E-state index in [9.17, 15) is 72.3 Å². The maximum atomic E-state index is 13.4. The number of hydrogen-bond acceptors (Lipinski definition) is 18. The average molecular weight is 1520 g/mol. The molecule has 12 rings (SSSR count). The Bertz CT molecular complexity index is 4800. The van der Waals surface area contributed by atoms with Crippen LogP contribution in [0.2, 0.25) is 15.1 Å². The first-order valence-electron chi connectivity index (χ1n) is 33.9. The van der Waals surface area contributed by atoms with E-state index in [1.165, 1.54) is 86.5 Å². The van der Waals surface area contributed by atoms with Gasteiger partial charge >= 0.3 is 33.7 Å². The van der Waals surface area contributed by atoms with Gasteiger partial charge in [-0.05, 0) is 183 Å². The monoisotopic (exact) mass is 1520 g/mol. The van der Waals surface area contributed by atoms with Crippen LogP contribution in [0.5, 0.6) is 0 Å². The van der Waals surface area contributed by atoms with Gasteiger partial charge in [-0.2, -0.15) is 0 Å². The summed E-state index contributed by atoms with van der Waals surface area (Å²) in [4.78, 5) is 129. The van der Waals surface area contributed by atoms with E-state index in [2.05, 4.69) is 0 Å². The lowest BCUT2D eigenvalue weighted by atomic mass is 10.1. The summed E-state index contributed by atoms with van der Waals surface area (Å²) in [5, 5.41) is 39.2. The summed E-state index contributed by atoms with van der Waals surface area (Å²) >= 11 is 18.8. The predicted octanol–water partition coefficient (Wildman–Crippen LogP) is 10.1. The number of carbonyl (C=O) groups excluding carboxylic acids is 3. The van der Waals surface area contributed by atoms with Crippen LogP contribution in [0.15, 0.2) is 142 Å². The molecule has 0 N–H and O–H groups in total. The van der Waals surface area contributed by atoms with E-state index in [0.29, 0.717) is 143 Å². The molecule has 3 aromatic heterocycles. The molecule has 3 fully saturated rings. The summed E-state index contributed by atoms with van der Waals surface area (Å²) in [6.07, 6.45) is 0.644. The number of nitro groups is 3. The predicted molar refractivity (Wildman–Crippen MR) is 403 cm³/mol. The number of rotatable bonds is 19. The van der Waals surface area contributed by atoms with Crippen LogP contribution in [0.1, 0.15) is 37.5 Å². The number of hydrogen-bond donors (Lipinski definition) is 0. The number of pyridine rings is 3. The molecule has 558 valence electrons. The standard InChI is InChI=1S/C25H27ClFN5O4.2C24H25ClFN5O4/c1-28(2)10-3-11-31-21-9-6-18(26)16-20(21)22(23(25(31)34)32(35)36)29-12-14-30(15-13-29)24(33)17-4-7-19(27)8-5-17;2*1-27(2)9-14-30-20-8-5-17(25)15-19(20)21(22(24(30)33)31(34)35)28-10-12-29(13-11-28)23(32)16-3-6-18(26)7-4-16/h4-9,16H,3,10-15H2,1-2H3;2*3-8,15H,9-14H2,1-2H3. The molecule has 0 spiro atoms. The van der Waals surface area contributed by atoms with Gasteiger partial charge in [0.2, 0.25) is 0 Å². The third-order valence-corrected chi connectivity index (χ3v) is 19.2. The molecule has 0 radical (unpaired) electrons. The molecule has 0 atom stereocenters. The summed E-state index contributed by atoms with van der Waals surface area (Å²) in [6, 6.07) is 31.0. The SMILES string of the molecule is CN(C)CCCn1c(=O)c([N+](=O)[O-])c(N2CCN(C(=O)c3ccc(F)cc3)CC2)c2cc(Cl)ccc21.CN(C)CCn1c(=O)c([N+](=O)[O-])c(N2CCN(C(=O)c3ccc(F)cc3)CC2)c2cc(Cl)ccc21.CN(C)CCn1c(=O)c([N+](=O)[O-])c(N2CCN(C(=O)c3ccc(F)cc3)CC2)c2cc(Cl)ccc21. The highest BCUT2D eigenvalue weighted by Crippen LogP contribution is 2.40. The van der Waals surface area contributed by atoms with Crippen molar-refractivity contribution in [3.05, 3.63) is 238 Å². The van der Waals surface area contributed by atoms with Crippen molar-refractivity contribution >= 4 is 119 Å². The maximum Gasteiger partial charge on any atom is 0.357 e. The van der Waals surface area contributed by atoms with Crippen molar-refractivity contribution in [2.45, 2.75) is 26.1 Å². The minimum Gasteiger partial charge on any atom is -0.362 e. The Hall–Kier alpha value is -10.5. The minimum absolute atomic E-state index is 0.215. The van der Waals surface area contributed by atoms with E-state index in [0.717, 1.165) is 6.54 Å². The quantitative estimate of drug-likeness (QED) is 0.0537. The molecule has 0 aliphatic carbocycles. The number of piperazine rings is 3. The summed E-state index contributed by atoms with van der Waals surface area (Å²) in [7, 11) is 11.3. The smallest absolute Gasteiger partial charge is 0.357 e. The highest BCUT2D eigenvalue weighted by Gasteiger charge is 2.37. The van der Waals surface area contributed by atoms with Crippen LogP contribution in [0.25, 0.3) is 32.7 Å². The van der Waals surface area contributed by atoms with Gasteiger partial charge < -0.3 is 57.8 Å². The van der Waals surface area contributed by atoms with Gasteiger partial charge in [0.25, 0.3) is 17.7 Å². The van der Waals surface area contributed by atoms with E-state index in [4.69, 9.17) is 34.8 Å². The third kappa shape index (κ3) is 17.7. The Balaban J connectivity index is 0.000000170. The summed E-state index contributed by atoms with van der Waals surface area (Å²) < 4.78 is 43.9. The molecule has 106 heavy (non-hydrogen) atoms. The van der Waals surface area contributed by atoms with Crippen molar-refractivity contribution in [2.75, 3.05) is 155 Å². The molecule has 3 aliphatic heterocycles. The Kier molecular flexibility index (Phi) is 25.2. The van der Waals surface area contributed by atoms with Gasteiger partial charge in [-0.25, -0.2) is 13.2 Å². The molecule has 0 unspecified atom stereocenters. The number of aryl methyl sites for hydroxylation is 1. The molecule has 3 amide bonds. The fourth-order valence-electron chi connectivity index (χ4n) is 13.2. The molecule has 3 aliphatic rings. The van der Waals surface area contributed by atoms with E-state index in [1.54, 1.807) is 84.0 Å². The summed E-state index contributed by atoms with van der Waals surface area (Å²) in [5.41, 5.74) is -0.0495. The Morgan fingerprint density at radius 2 is 0.623 bits per heavy atom. The number of fused-ring (bicyclic) bond motifs is 3. The second kappa shape index (κ2) is 34.2. The molecule has 6 aromatic carbocycles. The van der Waals surface area contributed by atoms with Gasteiger partial charge in [-0.15, -0.1) is 0 Å². The number of aromatic nitrogens is 3. The third-order valence-electron chi connectivity index (χ3n) is 18.5. The number of likely N-dealkylation sites (N-methyl/N-ethyl adjacent to an activating group) is 2. The first-order valence-corrected chi connectivity index (χ1v) is 35.0. The lowest BCUT2D eigenvalue weighted by molar-refractivity contribution is -0.385. The number of benzene rings is 6. The number of amides is 3. The first-order chi connectivity index (χ1) is 50.5. The van der Waals surface area contributed by atoms with Crippen LogP contribution in [0.4, 0.5) is 47.3 Å². The lowest BCUT2D eigenvalue weighted by Crippen LogP contribution is -2.49. The van der Waals surface area contributed by atoms with Crippen molar-refractivity contribution in [1.29, 1.82) is 0 Å². The molecule has 0 saturated carbocycles. The number of carbonyl (C=O) groups is 3. The molecular weight excluding hydrogens is 1440 g/mol. The normalized spacial score (nSPS) is 14.1. The van der Waals surface area contributed by atoms with Crippen LogP contribution in [0, 0.1) is 47.8 Å². The van der Waals surface area contributed by atoms with Crippen molar-refractivity contribution in [3.8, 4) is 0 Å². The van der Waals surface area contributed by atoms with Crippen LogP contribution in [-0.4, -0.2) is 216 Å². The number of halogens is 6. The number of nitrogens with zero attached hydrogens (tertiary/aromatic N) is 15. The van der Waals surface area contributed by atoms with Crippen LogP contribution < -0.4 is 31.4 Å². The second-order valence-corrected chi connectivity index (χ2v) is 27.6. The van der Waals surface area contributed by atoms with E-state index in [1.807, 2.05) is 57.0 Å². The summed E-state index contributed by atoms with van der Waals surface area (Å²) in [6.45, 7) is 6.16. The molecule has 6 heterocycles. The lowest BCUT2D eigenvalue weighted by Gasteiger charge is -2.36. The average Bonchev–Trinajstić information content (AvgIpc) is 0.757. The van der Waals surface area contributed by atoms with Gasteiger partial charge in [0, 0.05) is 159 Å². The van der Waals surface area contributed by atoms with Gasteiger partial charge in [0.05, 0.1) is 31.3 Å². The van der Waals surface area contributed by atoms with E-state index >= 15 is 0 Å². The highest BCUT2D eigenvalue weighted by atomic mass is 35.5. The Morgan fingerprint density at radius 3 is 0.858 bits per heavy atom. The van der Waals surface area contributed by atoms with E-state index < -0.39 is 66.0 Å². The van der Waals surface area contributed by atoms with Crippen LogP contribution >= 0.6 is 34.8 Å². The van der Waals surface area contributed by atoms with Gasteiger partial charge in [-0.1, -0.05) is 34.8 Å². The van der Waals surface area contributed by atoms with Crippen LogP contribution in [0.3, 0.4) is 0 Å². The maximum absolute atomic E-state index is 13.4. The minimum atomic E-state index is -0.675. The molecule has 9 aromatic rings. The van der Waals surface area contributed by atoms with Gasteiger partial charge in [-0.3, -0.25) is 59.1 Å². The second-order valence-electron chi connectivity index (χ2n) is 26.3. The van der Waals surface area contributed by atoms with Crippen molar-refractivity contribution in [3.63, 3.8) is 0 Å². The zero-order valence-corrected chi connectivity index (χ0v) is 61.2. The Morgan fingerprint density at radius 1 is 0.377 bits per heavy atom. The van der Waals surface area contributed by atoms with Crippen LogP contribution in [-0.2, 0) is 19.6 Å². The summed E-state index contributed by atoms with van der Waals surface area (Å²) in [5.74, 6) is -2.01. The first kappa shape index (κ1) is 78.1. The van der Waals surface area contributed by atoms with Gasteiger partial charge in [0.15, 0.2) is 0 Å². The largest absolute Gasteiger partial charge is 0.362 e. The fourth-order valence-corrected chi connectivity index (χ4v) is 13.7. The van der Waals surface area contributed by atoms with E-state index in [-0.39, 0.29) is 74.1 Å². The topological polar surface area (TPSA) is 276 Å². The molecule has 33 heteroatoms. The highest BCUT2D eigenvalue weighted by molar-refractivity contribution is 6.32. The van der Waals surface area contributed by atoms with Gasteiger partial charge in [0.1, 0.15) is 34.5 Å². The molecule has 3 saturated heterocycles.